The van der Waals surface area contributed by atoms with Crippen LogP contribution in [0.1, 0.15) is 17.9 Å². The third kappa shape index (κ3) is 1.21. The normalized spacial score (nSPS) is 32.7. The van der Waals surface area contributed by atoms with Crippen molar-refractivity contribution in [2.24, 2.45) is 0 Å². The number of ether oxygens (including phenoxy) is 1. The van der Waals surface area contributed by atoms with E-state index >= 15 is 0 Å². The fraction of sp³-hybridized carbons (Fsp3) is 0.462. The first-order valence-electron chi connectivity index (χ1n) is 5.67. The molecule has 0 bridgehead atoms. The number of nitrogens with zero attached hydrogens (tertiary/aromatic N) is 1. The summed E-state index contributed by atoms with van der Waals surface area (Å²) in [5.74, 6) is 0.781. The summed E-state index contributed by atoms with van der Waals surface area (Å²) >= 11 is 0. The van der Waals surface area contributed by atoms with Crippen molar-refractivity contribution < 1.29 is 9.53 Å². The van der Waals surface area contributed by atoms with Crippen molar-refractivity contribution in [3.05, 3.63) is 29.8 Å². The molecule has 0 radical (unpaired) electrons. The molecule has 2 aliphatic rings. The van der Waals surface area contributed by atoms with Crippen LogP contribution in [0.2, 0.25) is 0 Å². The van der Waals surface area contributed by atoms with Crippen molar-refractivity contribution >= 4 is 6.29 Å². The van der Waals surface area contributed by atoms with Gasteiger partial charge in [0, 0.05) is 25.1 Å². The zero-order valence-electron chi connectivity index (χ0n) is 9.35. The number of para-hydroxylation sites is 1. The summed E-state index contributed by atoms with van der Waals surface area (Å²) in [6.07, 6.45) is 1.98. The van der Waals surface area contributed by atoms with Crippen LogP contribution in [0.25, 0.3) is 0 Å². The van der Waals surface area contributed by atoms with Crippen LogP contribution in [-0.4, -0.2) is 36.9 Å². The van der Waals surface area contributed by atoms with Crippen LogP contribution in [0.4, 0.5) is 0 Å². The number of hydrogen-bond donors (Lipinski definition) is 0. The molecule has 1 aromatic rings. The van der Waals surface area contributed by atoms with Gasteiger partial charge in [-0.3, -0.25) is 0 Å². The number of hydrogen-bond acceptors (Lipinski definition) is 3. The Morgan fingerprint density at radius 1 is 1.50 bits per heavy atom. The molecule has 0 amide bonds. The molecule has 0 aliphatic carbocycles. The van der Waals surface area contributed by atoms with Crippen LogP contribution in [0, 0.1) is 0 Å². The van der Waals surface area contributed by atoms with Crippen LogP contribution in [0.3, 0.4) is 0 Å². The fourth-order valence-corrected chi connectivity index (χ4v) is 2.93. The predicted molar refractivity (Wildman–Crippen MR) is 60.7 cm³/mol. The van der Waals surface area contributed by atoms with Crippen molar-refractivity contribution in [2.45, 2.75) is 17.9 Å². The van der Waals surface area contributed by atoms with E-state index in [1.165, 1.54) is 0 Å². The minimum Gasteiger partial charge on any atom is -0.484 e. The molecule has 2 aliphatic heterocycles. The van der Waals surface area contributed by atoms with Gasteiger partial charge in [-0.25, -0.2) is 0 Å². The molecule has 16 heavy (non-hydrogen) atoms. The van der Waals surface area contributed by atoms with Crippen molar-refractivity contribution in [3.63, 3.8) is 0 Å². The quantitative estimate of drug-likeness (QED) is 0.667. The summed E-state index contributed by atoms with van der Waals surface area (Å²) in [6, 6.07) is 7.88. The minimum atomic E-state index is -0.305. The molecule has 0 saturated carbocycles. The molecule has 2 atom stereocenters. The maximum absolute atomic E-state index is 11.3. The lowest BCUT2D eigenvalue weighted by Gasteiger charge is -2.27. The van der Waals surface area contributed by atoms with Crippen molar-refractivity contribution in [3.8, 4) is 5.75 Å². The summed E-state index contributed by atoms with van der Waals surface area (Å²) < 4.78 is 6.06. The highest BCUT2D eigenvalue weighted by Gasteiger charge is 2.51. The third-order valence-corrected chi connectivity index (χ3v) is 3.72. The number of likely N-dealkylation sites (tertiary alicyclic amines) is 1. The highest BCUT2D eigenvalue weighted by Crippen LogP contribution is 2.47. The SMILES string of the molecule is CN1CCC2(C1)Oc1ccccc1C2C=O. The predicted octanol–water partition coefficient (Wildman–Crippen LogP) is 1.44. The Bertz CT molecular complexity index is 432. The van der Waals surface area contributed by atoms with E-state index in [2.05, 4.69) is 11.9 Å². The Morgan fingerprint density at radius 2 is 2.31 bits per heavy atom. The Balaban J connectivity index is 2.04. The van der Waals surface area contributed by atoms with Crippen LogP contribution in [0.15, 0.2) is 24.3 Å². The highest BCUT2D eigenvalue weighted by atomic mass is 16.5. The van der Waals surface area contributed by atoms with Crippen LogP contribution < -0.4 is 4.74 Å². The summed E-state index contributed by atoms with van der Waals surface area (Å²) in [5.41, 5.74) is 0.744. The number of rotatable bonds is 1. The molecule has 1 fully saturated rings. The summed E-state index contributed by atoms with van der Waals surface area (Å²) in [4.78, 5) is 13.6. The van der Waals surface area contributed by atoms with Gasteiger partial charge in [0.1, 0.15) is 17.6 Å². The van der Waals surface area contributed by atoms with E-state index in [0.29, 0.717) is 0 Å². The first kappa shape index (κ1) is 9.85. The number of carbonyl (C=O) groups excluding carboxylic acids is 1. The van der Waals surface area contributed by atoms with Crippen molar-refractivity contribution in [1.82, 2.24) is 4.90 Å². The average molecular weight is 217 g/mol. The van der Waals surface area contributed by atoms with Crippen LogP contribution in [-0.2, 0) is 4.79 Å². The van der Waals surface area contributed by atoms with E-state index in [4.69, 9.17) is 4.74 Å². The number of carbonyl (C=O) groups is 1. The molecule has 2 heterocycles. The molecule has 2 unspecified atom stereocenters. The van der Waals surface area contributed by atoms with E-state index < -0.39 is 0 Å². The van der Waals surface area contributed by atoms with Crippen molar-refractivity contribution in [1.29, 1.82) is 0 Å². The number of benzene rings is 1. The lowest BCUT2D eigenvalue weighted by Crippen LogP contribution is -2.41. The molecule has 3 nitrogen and oxygen atoms in total. The number of fused-ring (bicyclic) bond motifs is 1. The van der Waals surface area contributed by atoms with Gasteiger partial charge in [-0.2, -0.15) is 0 Å². The van der Waals surface area contributed by atoms with Gasteiger partial charge in [0.25, 0.3) is 0 Å². The maximum atomic E-state index is 11.3. The fourth-order valence-electron chi connectivity index (χ4n) is 2.93. The number of aldehydes is 1. The molecule has 1 saturated heterocycles. The van der Waals surface area contributed by atoms with Gasteiger partial charge in [0.2, 0.25) is 0 Å². The monoisotopic (exact) mass is 217 g/mol. The maximum Gasteiger partial charge on any atom is 0.136 e. The van der Waals surface area contributed by atoms with E-state index in [1.807, 2.05) is 24.3 Å². The van der Waals surface area contributed by atoms with Crippen LogP contribution in [0.5, 0.6) is 5.75 Å². The molecule has 84 valence electrons. The summed E-state index contributed by atoms with van der Waals surface area (Å²) in [5, 5.41) is 0. The second-order valence-electron chi connectivity index (χ2n) is 4.81. The third-order valence-electron chi connectivity index (χ3n) is 3.72. The van der Waals surface area contributed by atoms with E-state index in [9.17, 15) is 4.79 Å². The van der Waals surface area contributed by atoms with Gasteiger partial charge in [-0.05, 0) is 13.1 Å². The molecule has 3 heteroatoms. The van der Waals surface area contributed by atoms with Crippen LogP contribution >= 0.6 is 0 Å². The van der Waals surface area contributed by atoms with E-state index in [1.54, 1.807) is 0 Å². The zero-order chi connectivity index (χ0) is 11.2. The molecule has 3 rings (SSSR count). The van der Waals surface area contributed by atoms with Gasteiger partial charge >= 0.3 is 0 Å². The van der Waals surface area contributed by atoms with Gasteiger partial charge in [-0.1, -0.05) is 18.2 Å². The smallest absolute Gasteiger partial charge is 0.136 e. The Morgan fingerprint density at radius 3 is 3.00 bits per heavy atom. The molecular formula is C13H15NO2. The standard InChI is InChI=1S/C13H15NO2/c1-14-7-6-13(9-14)11(8-15)10-4-2-3-5-12(10)16-13/h2-5,8,11H,6-7,9H2,1H3. The van der Waals surface area contributed by atoms with E-state index in [0.717, 1.165) is 37.1 Å². The minimum absolute atomic E-state index is 0.103. The Labute approximate surface area is 95.0 Å². The molecular weight excluding hydrogens is 202 g/mol. The summed E-state index contributed by atoms with van der Waals surface area (Å²) in [6.45, 7) is 1.84. The lowest BCUT2D eigenvalue weighted by atomic mass is 9.84. The molecule has 1 spiro atoms. The highest BCUT2D eigenvalue weighted by molar-refractivity contribution is 5.69. The molecule has 1 aromatic carbocycles. The zero-order valence-corrected chi connectivity index (χ0v) is 9.35. The van der Waals surface area contributed by atoms with Gasteiger partial charge in [0.05, 0.1) is 5.92 Å². The summed E-state index contributed by atoms with van der Waals surface area (Å²) in [7, 11) is 2.07. The number of likely N-dealkylation sites (N-methyl/N-ethyl adjacent to an activating group) is 1. The first-order valence-corrected chi connectivity index (χ1v) is 5.67. The topological polar surface area (TPSA) is 29.5 Å². The van der Waals surface area contributed by atoms with Gasteiger partial charge in [-0.15, -0.1) is 0 Å². The second-order valence-corrected chi connectivity index (χ2v) is 4.81. The van der Waals surface area contributed by atoms with Gasteiger partial charge in [0.15, 0.2) is 0 Å². The average Bonchev–Trinajstić information content (AvgIpc) is 2.79. The largest absolute Gasteiger partial charge is 0.484 e. The van der Waals surface area contributed by atoms with E-state index in [-0.39, 0.29) is 11.5 Å². The lowest BCUT2D eigenvalue weighted by molar-refractivity contribution is -0.112. The first-order chi connectivity index (χ1) is 7.75. The molecule has 0 N–H and O–H groups in total. The Hall–Kier alpha value is -1.35. The molecule has 0 aromatic heterocycles. The Kier molecular flexibility index (Phi) is 2.04. The second kappa shape index (κ2) is 3.32. The van der Waals surface area contributed by atoms with Gasteiger partial charge < -0.3 is 14.4 Å². The van der Waals surface area contributed by atoms with Crippen molar-refractivity contribution in [2.75, 3.05) is 20.1 Å².